The van der Waals surface area contributed by atoms with E-state index < -0.39 is 5.79 Å². The standard InChI is InChI=1S/C18H19FN4O3S/c19-13-3-1-2-12(10-13)14(15-16(24)23-17(27-15)20-11-21-23)22-6-4-18(5-7-22)25-8-9-26-18/h1-3,10-11,14,24H,4-9H2. The van der Waals surface area contributed by atoms with E-state index in [1.165, 1.54) is 34.3 Å². The average molecular weight is 390 g/mol. The van der Waals surface area contributed by atoms with Gasteiger partial charge in [-0.05, 0) is 17.7 Å². The number of aromatic nitrogens is 3. The van der Waals surface area contributed by atoms with Gasteiger partial charge in [0.2, 0.25) is 10.8 Å². The maximum Gasteiger partial charge on any atom is 0.230 e. The van der Waals surface area contributed by atoms with Crippen LogP contribution in [0.15, 0.2) is 30.6 Å². The second-order valence-corrected chi connectivity index (χ2v) is 7.85. The van der Waals surface area contributed by atoms with Gasteiger partial charge in [-0.15, -0.1) is 0 Å². The van der Waals surface area contributed by atoms with Crippen LogP contribution in [-0.4, -0.2) is 56.7 Å². The van der Waals surface area contributed by atoms with Crippen LogP contribution in [0.1, 0.15) is 29.3 Å². The summed E-state index contributed by atoms with van der Waals surface area (Å²) in [5, 5.41) is 14.8. The van der Waals surface area contributed by atoms with E-state index in [0.29, 0.717) is 36.1 Å². The number of aromatic hydroxyl groups is 1. The molecule has 5 rings (SSSR count). The first kappa shape index (κ1) is 17.1. The molecule has 0 radical (unpaired) electrons. The first-order valence-electron chi connectivity index (χ1n) is 8.94. The highest BCUT2D eigenvalue weighted by Gasteiger charge is 2.42. The van der Waals surface area contributed by atoms with Crippen molar-refractivity contribution in [3.05, 3.63) is 46.9 Å². The summed E-state index contributed by atoms with van der Waals surface area (Å²) in [6.45, 7) is 2.69. The van der Waals surface area contributed by atoms with Crippen molar-refractivity contribution in [2.24, 2.45) is 0 Å². The van der Waals surface area contributed by atoms with Gasteiger partial charge in [-0.25, -0.2) is 9.37 Å². The molecule has 2 fully saturated rings. The number of benzene rings is 1. The van der Waals surface area contributed by atoms with Crippen molar-refractivity contribution >= 4 is 16.3 Å². The molecular weight excluding hydrogens is 371 g/mol. The van der Waals surface area contributed by atoms with Crippen molar-refractivity contribution in [1.29, 1.82) is 0 Å². The number of likely N-dealkylation sites (tertiary alicyclic amines) is 1. The van der Waals surface area contributed by atoms with Crippen LogP contribution in [0.2, 0.25) is 0 Å². The molecular formula is C18H19FN4O3S. The Morgan fingerprint density at radius 2 is 2.00 bits per heavy atom. The van der Waals surface area contributed by atoms with Gasteiger partial charge in [0.15, 0.2) is 5.79 Å². The summed E-state index contributed by atoms with van der Waals surface area (Å²) in [6, 6.07) is 6.24. The fourth-order valence-corrected chi connectivity index (χ4v) is 5.08. The molecule has 2 aromatic heterocycles. The molecule has 0 amide bonds. The van der Waals surface area contributed by atoms with Crippen LogP contribution in [0, 0.1) is 5.82 Å². The van der Waals surface area contributed by atoms with Crippen LogP contribution in [0.4, 0.5) is 4.39 Å². The molecule has 142 valence electrons. The Morgan fingerprint density at radius 1 is 1.22 bits per heavy atom. The van der Waals surface area contributed by atoms with E-state index in [4.69, 9.17) is 9.47 Å². The topological polar surface area (TPSA) is 72.1 Å². The lowest BCUT2D eigenvalue weighted by atomic mass is 9.97. The van der Waals surface area contributed by atoms with Gasteiger partial charge >= 0.3 is 0 Å². The number of hydrogen-bond acceptors (Lipinski definition) is 7. The third kappa shape index (κ3) is 2.91. The largest absolute Gasteiger partial charge is 0.492 e. The van der Waals surface area contributed by atoms with Crippen molar-refractivity contribution in [2.75, 3.05) is 26.3 Å². The van der Waals surface area contributed by atoms with Crippen LogP contribution >= 0.6 is 11.3 Å². The molecule has 3 aromatic rings. The lowest BCUT2D eigenvalue weighted by Gasteiger charge is -2.41. The summed E-state index contributed by atoms with van der Waals surface area (Å²) >= 11 is 1.37. The minimum atomic E-state index is -0.489. The monoisotopic (exact) mass is 390 g/mol. The summed E-state index contributed by atoms with van der Waals surface area (Å²) < 4.78 is 27.0. The molecule has 2 aliphatic rings. The predicted molar refractivity (Wildman–Crippen MR) is 96.2 cm³/mol. The fraction of sp³-hybridized carbons (Fsp3) is 0.444. The lowest BCUT2D eigenvalue weighted by Crippen LogP contribution is -2.46. The first-order chi connectivity index (χ1) is 13.2. The van der Waals surface area contributed by atoms with E-state index in [1.807, 2.05) is 6.07 Å². The molecule has 0 aliphatic carbocycles. The Kier molecular flexibility index (Phi) is 4.12. The maximum absolute atomic E-state index is 13.9. The number of fused-ring (bicyclic) bond motifs is 1. The van der Waals surface area contributed by atoms with Crippen molar-refractivity contribution in [3.63, 3.8) is 0 Å². The van der Waals surface area contributed by atoms with Gasteiger partial charge in [0.1, 0.15) is 12.1 Å². The van der Waals surface area contributed by atoms with Crippen LogP contribution in [-0.2, 0) is 9.47 Å². The van der Waals surface area contributed by atoms with Crippen LogP contribution in [0.5, 0.6) is 5.88 Å². The van der Waals surface area contributed by atoms with Gasteiger partial charge < -0.3 is 14.6 Å². The summed E-state index contributed by atoms with van der Waals surface area (Å²) in [4.78, 5) is 7.73. The van der Waals surface area contributed by atoms with Gasteiger partial charge in [-0.1, -0.05) is 23.5 Å². The highest BCUT2D eigenvalue weighted by molar-refractivity contribution is 7.17. The smallest absolute Gasteiger partial charge is 0.230 e. The molecule has 2 aliphatic heterocycles. The molecule has 1 unspecified atom stereocenters. The Morgan fingerprint density at radius 3 is 2.70 bits per heavy atom. The van der Waals surface area contributed by atoms with Crippen molar-refractivity contribution in [2.45, 2.75) is 24.7 Å². The van der Waals surface area contributed by atoms with Crippen molar-refractivity contribution in [1.82, 2.24) is 19.5 Å². The number of nitrogens with zero attached hydrogens (tertiary/aromatic N) is 4. The molecule has 2 saturated heterocycles. The fourth-order valence-electron chi connectivity index (χ4n) is 3.99. The number of piperidine rings is 1. The molecule has 0 bridgehead atoms. The Hall–Kier alpha value is -2.07. The summed E-state index contributed by atoms with van der Waals surface area (Å²) in [7, 11) is 0. The number of rotatable bonds is 3. The van der Waals surface area contributed by atoms with E-state index in [0.717, 1.165) is 18.4 Å². The highest BCUT2D eigenvalue weighted by atomic mass is 32.1. The van der Waals surface area contributed by atoms with Crippen molar-refractivity contribution in [3.8, 4) is 5.88 Å². The Labute approximate surface area is 159 Å². The number of thiazole rings is 1. The van der Waals surface area contributed by atoms with Gasteiger partial charge in [-0.2, -0.15) is 9.61 Å². The molecule has 0 saturated carbocycles. The third-order valence-electron chi connectivity index (χ3n) is 5.29. The summed E-state index contributed by atoms with van der Waals surface area (Å²) in [6.07, 6.45) is 2.88. The lowest BCUT2D eigenvalue weighted by molar-refractivity contribution is -0.187. The van der Waals surface area contributed by atoms with E-state index >= 15 is 0 Å². The van der Waals surface area contributed by atoms with E-state index in [-0.39, 0.29) is 17.7 Å². The minimum absolute atomic E-state index is 0.0513. The van der Waals surface area contributed by atoms with Crippen LogP contribution in [0.3, 0.4) is 0 Å². The predicted octanol–water partition coefficient (Wildman–Crippen LogP) is 2.56. The zero-order chi connectivity index (χ0) is 18.4. The van der Waals surface area contributed by atoms with Crippen molar-refractivity contribution < 1.29 is 19.0 Å². The van der Waals surface area contributed by atoms with Gasteiger partial charge in [-0.3, -0.25) is 4.90 Å². The molecule has 27 heavy (non-hydrogen) atoms. The SMILES string of the molecule is Oc1c(C(c2cccc(F)c2)N2CCC3(CC2)OCCO3)sc2ncnn12. The van der Waals surface area contributed by atoms with E-state index in [2.05, 4.69) is 15.0 Å². The van der Waals surface area contributed by atoms with Gasteiger partial charge in [0.25, 0.3) is 0 Å². The second-order valence-electron chi connectivity index (χ2n) is 6.85. The minimum Gasteiger partial charge on any atom is -0.492 e. The molecule has 1 spiro atoms. The first-order valence-corrected chi connectivity index (χ1v) is 9.76. The molecule has 1 N–H and O–H groups in total. The van der Waals surface area contributed by atoms with Crippen LogP contribution < -0.4 is 0 Å². The molecule has 1 aromatic carbocycles. The average Bonchev–Trinajstić information content (AvgIpc) is 3.37. The number of halogens is 1. The van der Waals surface area contributed by atoms with E-state index in [1.54, 1.807) is 6.07 Å². The second kappa shape index (κ2) is 6.52. The number of ether oxygens (including phenoxy) is 2. The molecule has 1 atom stereocenters. The van der Waals surface area contributed by atoms with E-state index in [9.17, 15) is 9.50 Å². The summed E-state index contributed by atoms with van der Waals surface area (Å²) in [5.41, 5.74) is 0.791. The van der Waals surface area contributed by atoms with Crippen LogP contribution in [0.25, 0.3) is 4.96 Å². The normalized spacial score (nSPS) is 21.2. The third-order valence-corrected chi connectivity index (χ3v) is 6.38. The zero-order valence-electron chi connectivity index (χ0n) is 14.5. The zero-order valence-corrected chi connectivity index (χ0v) is 15.4. The maximum atomic E-state index is 13.9. The highest BCUT2D eigenvalue weighted by Crippen LogP contribution is 2.42. The molecule has 7 nitrogen and oxygen atoms in total. The quantitative estimate of drug-likeness (QED) is 0.741. The van der Waals surface area contributed by atoms with Gasteiger partial charge in [0.05, 0.1) is 24.1 Å². The van der Waals surface area contributed by atoms with Gasteiger partial charge in [0, 0.05) is 25.9 Å². The molecule has 9 heteroatoms. The Balaban J connectivity index is 1.53. The number of hydrogen-bond donors (Lipinski definition) is 1. The Bertz CT molecular complexity index is 959. The molecule has 4 heterocycles. The summed E-state index contributed by atoms with van der Waals surface area (Å²) in [5.74, 6) is -0.737.